The van der Waals surface area contributed by atoms with E-state index < -0.39 is 39.5 Å². The van der Waals surface area contributed by atoms with Crippen molar-refractivity contribution in [3.8, 4) is 0 Å². The fourth-order valence-corrected chi connectivity index (χ4v) is 4.21. The largest absolute Gasteiger partial charge is 0.444 e. The number of hydrogen-bond acceptors (Lipinski definition) is 5. The molecular formula is C17H24N2O5S. The number of sulfone groups is 1. The zero-order chi connectivity index (χ0) is 18.8. The Balaban J connectivity index is 2.05. The molecule has 25 heavy (non-hydrogen) atoms. The molecule has 0 fully saturated rings. The summed E-state index contributed by atoms with van der Waals surface area (Å²) in [4.78, 5) is 24.4. The van der Waals surface area contributed by atoms with Crippen molar-refractivity contribution in [2.75, 3.05) is 5.75 Å². The molecule has 0 bridgehead atoms. The Hall–Kier alpha value is -2.09. The quantitative estimate of drug-likeness (QED) is 0.849. The van der Waals surface area contributed by atoms with Gasteiger partial charge in [0.05, 0.1) is 16.7 Å². The first kappa shape index (κ1) is 19.2. The molecule has 1 aromatic carbocycles. The molecule has 138 valence electrons. The molecule has 0 radical (unpaired) electrons. The second-order valence-corrected chi connectivity index (χ2v) is 9.15. The van der Waals surface area contributed by atoms with Crippen LogP contribution in [-0.4, -0.2) is 37.8 Å². The van der Waals surface area contributed by atoms with Crippen molar-refractivity contribution in [1.82, 2.24) is 10.6 Å². The number of alkyl carbamates (subject to hydrolysis) is 1. The van der Waals surface area contributed by atoms with Crippen LogP contribution in [0.5, 0.6) is 0 Å². The maximum absolute atomic E-state index is 12.4. The fourth-order valence-electron chi connectivity index (χ4n) is 2.59. The average Bonchev–Trinajstić information content (AvgIpc) is 2.48. The minimum absolute atomic E-state index is 0.0250. The van der Waals surface area contributed by atoms with Crippen LogP contribution in [0.4, 0.5) is 4.79 Å². The zero-order valence-corrected chi connectivity index (χ0v) is 15.6. The highest BCUT2D eigenvalue weighted by atomic mass is 32.2. The van der Waals surface area contributed by atoms with Crippen LogP contribution < -0.4 is 10.6 Å². The molecule has 2 rings (SSSR count). The van der Waals surface area contributed by atoms with Crippen molar-refractivity contribution in [2.45, 2.75) is 56.7 Å². The number of carbonyl (C=O) groups excluding carboxylic acids is 2. The van der Waals surface area contributed by atoms with Crippen molar-refractivity contribution in [3.05, 3.63) is 29.8 Å². The molecule has 2 amide bonds. The van der Waals surface area contributed by atoms with E-state index in [0.717, 1.165) is 0 Å². The molecular weight excluding hydrogens is 344 g/mol. The molecule has 0 saturated carbocycles. The number of hydrogen-bond donors (Lipinski definition) is 2. The molecule has 8 heteroatoms. The third-order valence-corrected chi connectivity index (χ3v) is 5.56. The summed E-state index contributed by atoms with van der Waals surface area (Å²) in [7, 11) is -3.31. The zero-order valence-electron chi connectivity index (χ0n) is 14.8. The van der Waals surface area contributed by atoms with Gasteiger partial charge in [-0.2, -0.15) is 0 Å². The monoisotopic (exact) mass is 368 g/mol. The van der Waals surface area contributed by atoms with Gasteiger partial charge in [0.25, 0.3) is 0 Å². The maximum atomic E-state index is 12.4. The molecule has 0 aromatic heterocycles. The van der Waals surface area contributed by atoms with Crippen molar-refractivity contribution in [1.29, 1.82) is 0 Å². The second-order valence-electron chi connectivity index (χ2n) is 7.07. The van der Waals surface area contributed by atoms with Crippen molar-refractivity contribution >= 4 is 21.8 Å². The average molecular weight is 368 g/mol. The molecule has 1 aliphatic heterocycles. The maximum Gasteiger partial charge on any atom is 0.408 e. The van der Waals surface area contributed by atoms with Gasteiger partial charge in [0.2, 0.25) is 5.91 Å². The fraction of sp³-hybridized carbons (Fsp3) is 0.529. The van der Waals surface area contributed by atoms with Gasteiger partial charge in [-0.3, -0.25) is 4.79 Å². The lowest BCUT2D eigenvalue weighted by atomic mass is 10.0. The van der Waals surface area contributed by atoms with Gasteiger partial charge in [0, 0.05) is 0 Å². The Bertz CT molecular complexity index is 767. The van der Waals surface area contributed by atoms with E-state index in [1.807, 2.05) is 0 Å². The van der Waals surface area contributed by atoms with E-state index in [2.05, 4.69) is 10.6 Å². The van der Waals surface area contributed by atoms with Crippen LogP contribution in [0.15, 0.2) is 29.2 Å². The highest BCUT2D eigenvalue weighted by molar-refractivity contribution is 7.91. The van der Waals surface area contributed by atoms with Crippen molar-refractivity contribution in [2.24, 2.45) is 0 Å². The number of amides is 2. The summed E-state index contributed by atoms with van der Waals surface area (Å²) in [6.45, 7) is 6.74. The van der Waals surface area contributed by atoms with Gasteiger partial charge in [-0.25, -0.2) is 13.2 Å². The third kappa shape index (κ3) is 4.94. The number of rotatable bonds is 3. The molecule has 2 N–H and O–H groups in total. The van der Waals surface area contributed by atoms with E-state index in [4.69, 9.17) is 4.74 Å². The highest BCUT2D eigenvalue weighted by Crippen LogP contribution is 2.31. The molecule has 7 nitrogen and oxygen atoms in total. The van der Waals surface area contributed by atoms with Crippen molar-refractivity contribution in [3.63, 3.8) is 0 Å². The molecule has 1 heterocycles. The summed E-state index contributed by atoms with van der Waals surface area (Å²) in [5, 5.41) is 5.28. The first-order valence-electron chi connectivity index (χ1n) is 8.11. The summed E-state index contributed by atoms with van der Waals surface area (Å²) in [6.07, 6.45) is -0.383. The van der Waals surface area contributed by atoms with Crippen LogP contribution in [0.1, 0.15) is 45.7 Å². The summed E-state index contributed by atoms with van der Waals surface area (Å²) in [5.41, 5.74) is -0.0803. The van der Waals surface area contributed by atoms with Gasteiger partial charge in [-0.05, 0) is 45.7 Å². The molecule has 0 saturated heterocycles. The van der Waals surface area contributed by atoms with Crippen LogP contribution in [0, 0.1) is 0 Å². The van der Waals surface area contributed by atoms with E-state index in [0.29, 0.717) is 12.0 Å². The van der Waals surface area contributed by atoms with Crippen LogP contribution in [0.25, 0.3) is 0 Å². The smallest absolute Gasteiger partial charge is 0.408 e. The predicted molar refractivity (Wildman–Crippen MR) is 92.8 cm³/mol. The molecule has 0 aliphatic carbocycles. The Morgan fingerprint density at radius 2 is 1.88 bits per heavy atom. The third-order valence-electron chi connectivity index (χ3n) is 3.75. The number of carbonyl (C=O) groups is 2. The highest BCUT2D eigenvalue weighted by Gasteiger charge is 2.32. The van der Waals surface area contributed by atoms with Gasteiger partial charge in [0.15, 0.2) is 9.84 Å². The molecule has 0 spiro atoms. The van der Waals surface area contributed by atoms with E-state index >= 15 is 0 Å². The first-order chi connectivity index (χ1) is 11.5. The minimum Gasteiger partial charge on any atom is -0.444 e. The van der Waals surface area contributed by atoms with Crippen molar-refractivity contribution < 1.29 is 22.7 Å². The summed E-state index contributed by atoms with van der Waals surface area (Å²) < 4.78 is 29.4. The summed E-state index contributed by atoms with van der Waals surface area (Å²) in [6, 6.07) is 5.43. The van der Waals surface area contributed by atoms with Gasteiger partial charge in [-0.15, -0.1) is 0 Å². The van der Waals surface area contributed by atoms with Gasteiger partial charge in [0.1, 0.15) is 11.6 Å². The van der Waals surface area contributed by atoms with E-state index in [9.17, 15) is 18.0 Å². The minimum atomic E-state index is -3.31. The molecule has 1 aromatic rings. The molecule has 2 atom stereocenters. The lowest BCUT2D eigenvalue weighted by Crippen LogP contribution is -2.48. The second kappa shape index (κ2) is 7.03. The van der Waals surface area contributed by atoms with Crippen LogP contribution in [0.2, 0.25) is 0 Å². The Morgan fingerprint density at radius 1 is 1.24 bits per heavy atom. The lowest BCUT2D eigenvalue weighted by molar-refractivity contribution is -0.123. The number of fused-ring (bicyclic) bond motifs is 1. The Labute approximate surface area is 148 Å². The normalized spacial score (nSPS) is 20.1. The van der Waals surface area contributed by atoms with E-state index in [1.54, 1.807) is 52.0 Å². The number of ether oxygens (including phenoxy) is 1. The van der Waals surface area contributed by atoms with Crippen LogP contribution in [0.3, 0.4) is 0 Å². The standard InChI is InChI=1S/C17H24N2O5S/c1-11(18-16(21)24-17(2,3)4)15(20)19-13-9-10-25(22,23)14-8-6-5-7-12(13)14/h5-8,11,13H,9-10H2,1-4H3,(H,18,21)(H,19,20)/t11-,13?/m0/s1. The SMILES string of the molecule is C[C@H](NC(=O)OC(C)(C)C)C(=O)NC1CCS(=O)(=O)c2ccccc21. The Morgan fingerprint density at radius 3 is 2.52 bits per heavy atom. The lowest BCUT2D eigenvalue weighted by Gasteiger charge is -2.28. The number of benzene rings is 1. The summed E-state index contributed by atoms with van der Waals surface area (Å²) in [5.74, 6) is -0.423. The van der Waals surface area contributed by atoms with E-state index in [1.165, 1.54) is 0 Å². The Kier molecular flexibility index (Phi) is 5.41. The molecule has 1 unspecified atom stereocenters. The predicted octanol–water partition coefficient (Wildman–Crippen LogP) is 1.93. The van der Waals surface area contributed by atoms with Gasteiger partial charge < -0.3 is 15.4 Å². The van der Waals surface area contributed by atoms with Crippen LogP contribution in [-0.2, 0) is 19.4 Å². The van der Waals surface area contributed by atoms with Gasteiger partial charge >= 0.3 is 6.09 Å². The topological polar surface area (TPSA) is 102 Å². The van der Waals surface area contributed by atoms with E-state index in [-0.39, 0.29) is 10.6 Å². The van der Waals surface area contributed by atoms with Crippen LogP contribution >= 0.6 is 0 Å². The summed E-state index contributed by atoms with van der Waals surface area (Å²) >= 11 is 0. The first-order valence-corrected chi connectivity index (χ1v) is 9.76. The molecule has 1 aliphatic rings. The number of nitrogens with one attached hydrogen (secondary N) is 2. The van der Waals surface area contributed by atoms with Gasteiger partial charge in [-0.1, -0.05) is 18.2 Å².